The molecule has 0 radical (unpaired) electrons. The Morgan fingerprint density at radius 2 is 2.15 bits per heavy atom. The lowest BCUT2D eigenvalue weighted by Gasteiger charge is -2.12. The molecule has 2 rings (SSSR count). The number of hydrogen-bond donors (Lipinski definition) is 1. The van der Waals surface area contributed by atoms with Crippen LogP contribution in [0.2, 0.25) is 9.49 Å². The minimum Gasteiger partial charge on any atom is -0.492 e. The molecule has 0 spiro atoms. The molecule has 2 aromatic rings. The summed E-state index contributed by atoms with van der Waals surface area (Å²) in [4.78, 5) is 3.71. The molecule has 0 saturated heterocycles. The zero-order valence-corrected chi connectivity index (χ0v) is 13.4. The van der Waals surface area contributed by atoms with Crippen molar-refractivity contribution in [3.05, 3.63) is 33.9 Å². The van der Waals surface area contributed by atoms with Crippen LogP contribution >= 0.6 is 34.5 Å². The molecule has 20 heavy (non-hydrogen) atoms. The second-order valence-electron chi connectivity index (χ2n) is 3.61. The summed E-state index contributed by atoms with van der Waals surface area (Å²) < 4.78 is 32.3. The standard InChI is InChI=1S/C11H10Cl2N2O3S2/c1-2-18-9-4-3-7(12)5-8(9)15-20(16,17)10-6-14-11(13)19-10/h3-6,15H,2H2,1H3. The first-order chi connectivity index (χ1) is 9.42. The zero-order chi connectivity index (χ0) is 14.8. The highest BCUT2D eigenvalue weighted by atomic mass is 35.5. The van der Waals surface area contributed by atoms with Crippen molar-refractivity contribution in [3.63, 3.8) is 0 Å². The number of nitrogens with zero attached hydrogens (tertiary/aromatic N) is 1. The molecule has 0 saturated carbocycles. The third kappa shape index (κ3) is 3.54. The normalized spacial score (nSPS) is 11.3. The lowest BCUT2D eigenvalue weighted by molar-refractivity contribution is 0.342. The van der Waals surface area contributed by atoms with Crippen molar-refractivity contribution < 1.29 is 13.2 Å². The molecule has 1 aromatic heterocycles. The van der Waals surface area contributed by atoms with Crippen molar-refractivity contribution in [2.24, 2.45) is 0 Å². The van der Waals surface area contributed by atoms with Crippen LogP contribution in [0.1, 0.15) is 6.92 Å². The van der Waals surface area contributed by atoms with E-state index < -0.39 is 10.0 Å². The van der Waals surface area contributed by atoms with Crippen molar-refractivity contribution in [1.29, 1.82) is 0 Å². The van der Waals surface area contributed by atoms with Crippen LogP contribution in [0.25, 0.3) is 0 Å². The highest BCUT2D eigenvalue weighted by Gasteiger charge is 2.19. The van der Waals surface area contributed by atoms with Gasteiger partial charge in [0.2, 0.25) is 0 Å². The molecule has 0 atom stereocenters. The first kappa shape index (κ1) is 15.4. The summed E-state index contributed by atoms with van der Waals surface area (Å²) in [5.74, 6) is 0.399. The van der Waals surface area contributed by atoms with Gasteiger partial charge in [0.05, 0.1) is 18.5 Å². The van der Waals surface area contributed by atoms with E-state index >= 15 is 0 Å². The molecule has 108 valence electrons. The quantitative estimate of drug-likeness (QED) is 0.891. The predicted octanol–water partition coefficient (Wildman–Crippen LogP) is 3.65. The van der Waals surface area contributed by atoms with E-state index in [9.17, 15) is 8.42 Å². The SMILES string of the molecule is CCOc1ccc(Cl)cc1NS(=O)(=O)c1cnc(Cl)s1. The largest absolute Gasteiger partial charge is 0.492 e. The van der Waals surface area contributed by atoms with Gasteiger partial charge in [-0.25, -0.2) is 13.4 Å². The van der Waals surface area contributed by atoms with Crippen molar-refractivity contribution in [2.75, 3.05) is 11.3 Å². The van der Waals surface area contributed by atoms with Crippen LogP contribution < -0.4 is 9.46 Å². The summed E-state index contributed by atoms with van der Waals surface area (Å²) in [6.07, 6.45) is 1.19. The van der Waals surface area contributed by atoms with Crippen LogP contribution in [0.5, 0.6) is 5.75 Å². The molecule has 1 heterocycles. The van der Waals surface area contributed by atoms with Crippen LogP contribution in [0, 0.1) is 0 Å². The topological polar surface area (TPSA) is 68.3 Å². The van der Waals surface area contributed by atoms with Crippen molar-refractivity contribution in [1.82, 2.24) is 4.98 Å². The van der Waals surface area contributed by atoms with Gasteiger partial charge < -0.3 is 4.74 Å². The maximum absolute atomic E-state index is 12.2. The van der Waals surface area contributed by atoms with E-state index in [1.807, 2.05) is 0 Å². The van der Waals surface area contributed by atoms with E-state index in [-0.39, 0.29) is 14.4 Å². The maximum Gasteiger partial charge on any atom is 0.273 e. The first-order valence-corrected chi connectivity index (χ1v) is 8.54. The Morgan fingerprint density at radius 1 is 1.40 bits per heavy atom. The molecule has 9 heteroatoms. The summed E-state index contributed by atoms with van der Waals surface area (Å²) >= 11 is 12.4. The third-order valence-electron chi connectivity index (χ3n) is 2.21. The highest BCUT2D eigenvalue weighted by Crippen LogP contribution is 2.31. The number of thiazole rings is 1. The molecule has 0 unspecified atom stereocenters. The Bertz CT molecular complexity index is 716. The van der Waals surface area contributed by atoms with Gasteiger partial charge in [0.15, 0.2) is 8.68 Å². The average Bonchev–Trinajstić information content (AvgIpc) is 2.80. The fraction of sp³-hybridized carbons (Fsp3) is 0.182. The molecule has 0 amide bonds. The number of benzene rings is 1. The molecule has 0 fully saturated rings. The van der Waals surface area contributed by atoms with Gasteiger partial charge in [-0.1, -0.05) is 34.5 Å². The summed E-state index contributed by atoms with van der Waals surface area (Å²) in [5.41, 5.74) is 0.267. The Morgan fingerprint density at radius 3 is 2.75 bits per heavy atom. The summed E-state index contributed by atoms with van der Waals surface area (Å²) in [7, 11) is -3.77. The Balaban J connectivity index is 2.36. The fourth-order valence-electron chi connectivity index (χ4n) is 1.42. The monoisotopic (exact) mass is 352 g/mol. The summed E-state index contributed by atoms with van der Waals surface area (Å²) in [5, 5.41) is 0.397. The average molecular weight is 353 g/mol. The zero-order valence-electron chi connectivity index (χ0n) is 10.3. The van der Waals surface area contributed by atoms with Crippen LogP contribution in [0.15, 0.2) is 28.6 Å². The van der Waals surface area contributed by atoms with Gasteiger partial charge in [-0.05, 0) is 25.1 Å². The van der Waals surface area contributed by atoms with Gasteiger partial charge >= 0.3 is 0 Å². The molecular formula is C11H10Cl2N2O3S2. The van der Waals surface area contributed by atoms with E-state index in [0.29, 0.717) is 17.4 Å². The number of rotatable bonds is 5. The van der Waals surface area contributed by atoms with Crippen LogP contribution in [-0.2, 0) is 10.0 Å². The number of halogens is 2. The van der Waals surface area contributed by atoms with Gasteiger partial charge in [0.1, 0.15) is 5.75 Å². The lowest BCUT2D eigenvalue weighted by Crippen LogP contribution is -2.12. The van der Waals surface area contributed by atoms with Gasteiger partial charge in [-0.15, -0.1) is 0 Å². The minimum atomic E-state index is -3.77. The number of aromatic nitrogens is 1. The van der Waals surface area contributed by atoms with Gasteiger partial charge in [-0.2, -0.15) is 0 Å². The van der Waals surface area contributed by atoms with Crippen LogP contribution in [0.4, 0.5) is 5.69 Å². The van der Waals surface area contributed by atoms with E-state index in [4.69, 9.17) is 27.9 Å². The molecule has 0 aliphatic rings. The molecule has 0 aliphatic carbocycles. The van der Waals surface area contributed by atoms with Gasteiger partial charge in [0, 0.05) is 5.02 Å². The predicted molar refractivity (Wildman–Crippen MR) is 80.6 cm³/mol. The summed E-state index contributed by atoms with van der Waals surface area (Å²) in [6.45, 7) is 2.21. The number of sulfonamides is 1. The number of anilines is 1. The third-order valence-corrected chi connectivity index (χ3v) is 5.38. The highest BCUT2D eigenvalue weighted by molar-refractivity contribution is 7.94. The van der Waals surface area contributed by atoms with E-state index in [1.165, 1.54) is 12.3 Å². The molecule has 0 bridgehead atoms. The van der Waals surface area contributed by atoms with Gasteiger partial charge in [-0.3, -0.25) is 4.72 Å². The minimum absolute atomic E-state index is 0.0184. The van der Waals surface area contributed by atoms with Crippen LogP contribution in [-0.4, -0.2) is 20.0 Å². The lowest BCUT2D eigenvalue weighted by atomic mass is 10.3. The van der Waals surface area contributed by atoms with E-state index in [0.717, 1.165) is 11.3 Å². The van der Waals surface area contributed by atoms with E-state index in [1.54, 1.807) is 19.1 Å². The Kier molecular flexibility index (Phi) is 4.74. The molecule has 5 nitrogen and oxygen atoms in total. The number of hydrogen-bond acceptors (Lipinski definition) is 5. The Hall–Kier alpha value is -1.02. The van der Waals surface area contributed by atoms with Crippen LogP contribution in [0.3, 0.4) is 0 Å². The smallest absolute Gasteiger partial charge is 0.273 e. The molecule has 1 N–H and O–H groups in total. The Labute approximate surface area is 130 Å². The van der Waals surface area contributed by atoms with Crippen molar-refractivity contribution >= 4 is 50.2 Å². The number of nitrogens with one attached hydrogen (secondary N) is 1. The second kappa shape index (κ2) is 6.17. The first-order valence-electron chi connectivity index (χ1n) is 5.49. The second-order valence-corrected chi connectivity index (χ2v) is 7.57. The van der Waals surface area contributed by atoms with Crippen molar-refractivity contribution in [2.45, 2.75) is 11.1 Å². The molecular weight excluding hydrogens is 343 g/mol. The van der Waals surface area contributed by atoms with Crippen molar-refractivity contribution in [3.8, 4) is 5.75 Å². The van der Waals surface area contributed by atoms with Gasteiger partial charge in [0.25, 0.3) is 10.0 Å². The molecule has 0 aliphatic heterocycles. The number of ether oxygens (including phenoxy) is 1. The fourth-order valence-corrected chi connectivity index (χ4v) is 3.95. The molecule has 1 aromatic carbocycles. The maximum atomic E-state index is 12.2. The summed E-state index contributed by atoms with van der Waals surface area (Å²) in [6, 6.07) is 4.70. The van der Waals surface area contributed by atoms with E-state index in [2.05, 4.69) is 9.71 Å².